The van der Waals surface area contributed by atoms with Crippen molar-refractivity contribution in [3.8, 4) is 0 Å². The lowest BCUT2D eigenvalue weighted by Crippen LogP contribution is -2.20. The summed E-state index contributed by atoms with van der Waals surface area (Å²) in [5, 5.41) is 19.3. The van der Waals surface area contributed by atoms with Crippen molar-refractivity contribution in [3.63, 3.8) is 0 Å². The monoisotopic (exact) mass is 368 g/mol. The van der Waals surface area contributed by atoms with Crippen LogP contribution in [0.2, 0.25) is 0 Å². The molecule has 138 valence electrons. The summed E-state index contributed by atoms with van der Waals surface area (Å²) in [4.78, 5) is 24.5. The van der Waals surface area contributed by atoms with Crippen molar-refractivity contribution in [1.82, 2.24) is 0 Å². The van der Waals surface area contributed by atoms with E-state index in [0.29, 0.717) is 12.8 Å². The number of ether oxygens (including phenoxy) is 1. The first-order chi connectivity index (χ1) is 11.8. The lowest BCUT2D eigenvalue weighted by molar-refractivity contribution is -0.143. The number of rotatable bonds is 11. The van der Waals surface area contributed by atoms with Gasteiger partial charge in [0.2, 0.25) is 0 Å². The van der Waals surface area contributed by atoms with Crippen LogP contribution in [0.5, 0.6) is 0 Å². The molecule has 6 heteroatoms. The standard InChI is InChI=1S/C19H25ClO5/c1-5-8-10-14(22)11-15(16(20)12-21)18(17(23)7-3)19(24)25-13(4)9-6-2/h6-8,10,13,21,23H,2-3,5,9,11-12H2,1,4H3/b10-8+,16-15+,18-17-. The Morgan fingerprint density at radius 2 is 1.96 bits per heavy atom. The van der Waals surface area contributed by atoms with Gasteiger partial charge in [-0.25, -0.2) is 4.79 Å². The lowest BCUT2D eigenvalue weighted by Gasteiger charge is -2.17. The van der Waals surface area contributed by atoms with Crippen molar-refractivity contribution in [2.24, 2.45) is 0 Å². The maximum atomic E-state index is 12.5. The van der Waals surface area contributed by atoms with Crippen molar-refractivity contribution in [2.75, 3.05) is 6.61 Å². The summed E-state index contributed by atoms with van der Waals surface area (Å²) in [6.07, 6.45) is 5.98. The largest absolute Gasteiger partial charge is 0.507 e. The van der Waals surface area contributed by atoms with Gasteiger partial charge in [-0.05, 0) is 31.1 Å². The van der Waals surface area contributed by atoms with E-state index in [9.17, 15) is 19.8 Å². The van der Waals surface area contributed by atoms with Gasteiger partial charge in [-0.3, -0.25) is 4.79 Å². The van der Waals surface area contributed by atoms with Gasteiger partial charge in [0.05, 0.1) is 6.61 Å². The van der Waals surface area contributed by atoms with E-state index in [-0.39, 0.29) is 28.4 Å². The quantitative estimate of drug-likeness (QED) is 0.190. The third-order valence-corrected chi connectivity index (χ3v) is 3.47. The third kappa shape index (κ3) is 8.01. The number of carbonyl (C=O) groups excluding carboxylic acids is 2. The molecule has 5 nitrogen and oxygen atoms in total. The summed E-state index contributed by atoms with van der Waals surface area (Å²) in [6, 6.07) is 0. The van der Waals surface area contributed by atoms with Gasteiger partial charge < -0.3 is 14.9 Å². The summed E-state index contributed by atoms with van der Waals surface area (Å²) in [6.45, 7) is 9.92. The molecule has 1 unspecified atom stereocenters. The van der Waals surface area contributed by atoms with E-state index in [0.717, 1.165) is 6.08 Å². The predicted molar refractivity (Wildman–Crippen MR) is 99.2 cm³/mol. The fraction of sp³-hybridized carbons (Fsp3) is 0.368. The molecule has 0 aliphatic heterocycles. The first kappa shape index (κ1) is 22.9. The van der Waals surface area contributed by atoms with Crippen LogP contribution in [-0.2, 0) is 14.3 Å². The van der Waals surface area contributed by atoms with Crippen LogP contribution in [-0.4, -0.2) is 34.7 Å². The molecule has 0 aliphatic carbocycles. The molecule has 0 heterocycles. The predicted octanol–water partition coefficient (Wildman–Crippen LogP) is 3.90. The van der Waals surface area contributed by atoms with Gasteiger partial charge in [0.15, 0.2) is 5.78 Å². The van der Waals surface area contributed by atoms with Gasteiger partial charge >= 0.3 is 5.97 Å². The minimum Gasteiger partial charge on any atom is -0.507 e. The smallest absolute Gasteiger partial charge is 0.342 e. The molecule has 0 radical (unpaired) electrons. The van der Waals surface area contributed by atoms with Gasteiger partial charge in [-0.15, -0.1) is 6.58 Å². The highest BCUT2D eigenvalue weighted by Gasteiger charge is 2.25. The zero-order valence-electron chi connectivity index (χ0n) is 14.6. The molecule has 0 bridgehead atoms. The molecular formula is C19H25ClO5. The van der Waals surface area contributed by atoms with E-state index in [1.165, 1.54) is 6.08 Å². The number of aliphatic hydroxyl groups excluding tert-OH is 2. The first-order valence-electron chi connectivity index (χ1n) is 7.87. The fourth-order valence-electron chi connectivity index (χ4n) is 1.91. The molecule has 0 amide bonds. The highest BCUT2D eigenvalue weighted by atomic mass is 35.5. The SMILES string of the molecule is C=CCC(C)OC(=O)C(=C(\O)C=C)/C(CC(=O)/C=C/CC)=C(/Cl)CO. The van der Waals surface area contributed by atoms with Crippen LogP contribution in [0, 0.1) is 0 Å². The lowest BCUT2D eigenvalue weighted by atomic mass is 9.98. The Bertz CT molecular complexity index is 599. The maximum Gasteiger partial charge on any atom is 0.342 e. The molecule has 1 atom stereocenters. The Kier molecular flexibility index (Phi) is 11.2. The van der Waals surface area contributed by atoms with Crippen molar-refractivity contribution in [1.29, 1.82) is 0 Å². The van der Waals surface area contributed by atoms with Crippen LogP contribution in [0.3, 0.4) is 0 Å². The van der Waals surface area contributed by atoms with Crippen LogP contribution < -0.4 is 0 Å². The maximum absolute atomic E-state index is 12.5. The summed E-state index contributed by atoms with van der Waals surface area (Å²) >= 11 is 6.00. The van der Waals surface area contributed by atoms with Crippen molar-refractivity contribution in [2.45, 2.75) is 39.2 Å². The number of esters is 1. The molecule has 0 aromatic carbocycles. The van der Waals surface area contributed by atoms with Crippen molar-refractivity contribution >= 4 is 23.4 Å². The Labute approximate surface area is 153 Å². The Balaban J connectivity index is 5.88. The number of allylic oxidation sites excluding steroid dienone is 3. The Morgan fingerprint density at radius 1 is 1.32 bits per heavy atom. The van der Waals surface area contributed by atoms with Crippen LogP contribution in [0.1, 0.15) is 33.1 Å². The normalized spacial score (nSPS) is 14.4. The molecule has 0 aromatic heterocycles. The molecule has 0 fully saturated rings. The van der Waals surface area contributed by atoms with Gasteiger partial charge in [0, 0.05) is 17.9 Å². The second kappa shape index (κ2) is 12.3. The van der Waals surface area contributed by atoms with Gasteiger partial charge in [-0.2, -0.15) is 0 Å². The summed E-state index contributed by atoms with van der Waals surface area (Å²) in [5.74, 6) is -1.67. The number of aliphatic hydroxyl groups is 2. The highest BCUT2D eigenvalue weighted by molar-refractivity contribution is 6.31. The van der Waals surface area contributed by atoms with E-state index in [2.05, 4.69) is 13.2 Å². The molecule has 0 rings (SSSR count). The average Bonchev–Trinajstić information content (AvgIpc) is 2.58. The number of ketones is 1. The number of hydrogen-bond donors (Lipinski definition) is 2. The number of hydrogen-bond acceptors (Lipinski definition) is 5. The van der Waals surface area contributed by atoms with Crippen LogP contribution in [0.4, 0.5) is 0 Å². The summed E-state index contributed by atoms with van der Waals surface area (Å²) in [5.41, 5.74) is -0.286. The van der Waals surface area contributed by atoms with Crippen LogP contribution >= 0.6 is 11.6 Å². The fourth-order valence-corrected chi connectivity index (χ4v) is 2.07. The third-order valence-electron chi connectivity index (χ3n) is 3.12. The van der Waals surface area contributed by atoms with E-state index in [1.54, 1.807) is 19.1 Å². The van der Waals surface area contributed by atoms with Crippen molar-refractivity contribution < 1.29 is 24.5 Å². The van der Waals surface area contributed by atoms with E-state index < -0.39 is 24.4 Å². The molecule has 0 saturated heterocycles. The molecule has 25 heavy (non-hydrogen) atoms. The Morgan fingerprint density at radius 3 is 2.44 bits per heavy atom. The molecular weight excluding hydrogens is 344 g/mol. The molecule has 0 spiro atoms. The highest BCUT2D eigenvalue weighted by Crippen LogP contribution is 2.26. The van der Waals surface area contributed by atoms with Gasteiger partial charge in [0.25, 0.3) is 0 Å². The topological polar surface area (TPSA) is 83.8 Å². The van der Waals surface area contributed by atoms with Crippen LogP contribution in [0.15, 0.2) is 59.4 Å². The molecule has 0 aliphatic rings. The average molecular weight is 369 g/mol. The van der Waals surface area contributed by atoms with Gasteiger partial charge in [0.1, 0.15) is 17.4 Å². The Hall–Kier alpha value is -2.11. The van der Waals surface area contributed by atoms with E-state index in [4.69, 9.17) is 16.3 Å². The molecule has 0 saturated carbocycles. The summed E-state index contributed by atoms with van der Waals surface area (Å²) in [7, 11) is 0. The molecule has 2 N–H and O–H groups in total. The second-order valence-corrected chi connectivity index (χ2v) is 5.66. The number of halogens is 1. The molecule has 0 aromatic rings. The van der Waals surface area contributed by atoms with E-state index in [1.807, 2.05) is 6.92 Å². The van der Waals surface area contributed by atoms with Crippen LogP contribution in [0.25, 0.3) is 0 Å². The second-order valence-electron chi connectivity index (χ2n) is 5.20. The van der Waals surface area contributed by atoms with Gasteiger partial charge in [-0.1, -0.05) is 37.3 Å². The zero-order valence-corrected chi connectivity index (χ0v) is 15.4. The first-order valence-corrected chi connectivity index (χ1v) is 8.25. The minimum absolute atomic E-state index is 0.00289. The summed E-state index contributed by atoms with van der Waals surface area (Å²) < 4.78 is 5.23. The number of carbonyl (C=O) groups is 2. The minimum atomic E-state index is -0.861. The van der Waals surface area contributed by atoms with Crippen molar-refractivity contribution in [3.05, 3.63) is 59.4 Å². The zero-order chi connectivity index (χ0) is 19.4. The van der Waals surface area contributed by atoms with E-state index >= 15 is 0 Å².